The van der Waals surface area contributed by atoms with E-state index in [2.05, 4.69) is 17.1 Å². The molecule has 0 aromatic rings. The Balaban J connectivity index is 1.60. The van der Waals surface area contributed by atoms with E-state index in [1.54, 1.807) is 0 Å². The Kier molecular flexibility index (Phi) is 4.80. The first-order valence-corrected chi connectivity index (χ1v) is 6.87. The van der Waals surface area contributed by atoms with Crippen LogP contribution in [0.3, 0.4) is 0 Å². The minimum atomic E-state index is -0.185. The van der Waals surface area contributed by atoms with Crippen molar-refractivity contribution in [3.05, 3.63) is 0 Å². The molecule has 4 heteroatoms. The molecule has 2 atom stereocenters. The van der Waals surface area contributed by atoms with Gasteiger partial charge in [0.1, 0.15) is 6.10 Å². The molecule has 0 spiro atoms. The lowest BCUT2D eigenvalue weighted by atomic mass is 10.0. The molecule has 0 aromatic heterocycles. The molecule has 2 heterocycles. The number of hydrogen-bond acceptors (Lipinski definition) is 3. The van der Waals surface area contributed by atoms with E-state index in [1.807, 2.05) is 0 Å². The number of rotatable bonds is 4. The average Bonchev–Trinajstić information content (AvgIpc) is 2.82. The van der Waals surface area contributed by atoms with E-state index in [1.165, 1.54) is 25.9 Å². The van der Waals surface area contributed by atoms with Crippen molar-refractivity contribution in [1.82, 2.24) is 10.2 Å². The maximum atomic E-state index is 11.7. The zero-order valence-electron chi connectivity index (χ0n) is 10.8. The Morgan fingerprint density at radius 2 is 2.29 bits per heavy atom. The predicted octanol–water partition coefficient (Wildman–Crippen LogP) is 1.01. The summed E-state index contributed by atoms with van der Waals surface area (Å²) in [5, 5.41) is 2.98. The van der Waals surface area contributed by atoms with Crippen LogP contribution in [0.1, 0.15) is 32.6 Å². The second-order valence-corrected chi connectivity index (χ2v) is 5.34. The first-order valence-electron chi connectivity index (χ1n) is 6.87. The van der Waals surface area contributed by atoms with Crippen LogP contribution in [0.25, 0.3) is 0 Å². The number of piperidine rings is 1. The normalized spacial score (nSPS) is 30.4. The summed E-state index contributed by atoms with van der Waals surface area (Å²) >= 11 is 0. The monoisotopic (exact) mass is 240 g/mol. The van der Waals surface area contributed by atoms with E-state index < -0.39 is 0 Å². The van der Waals surface area contributed by atoms with Crippen molar-refractivity contribution in [2.24, 2.45) is 5.92 Å². The Morgan fingerprint density at radius 3 is 3.00 bits per heavy atom. The maximum Gasteiger partial charge on any atom is 0.249 e. The molecule has 2 fully saturated rings. The van der Waals surface area contributed by atoms with Crippen LogP contribution in [-0.2, 0) is 9.53 Å². The smallest absolute Gasteiger partial charge is 0.249 e. The lowest BCUT2D eigenvalue weighted by Gasteiger charge is -2.30. The molecule has 2 unspecified atom stereocenters. The van der Waals surface area contributed by atoms with Gasteiger partial charge >= 0.3 is 0 Å². The molecule has 4 nitrogen and oxygen atoms in total. The second-order valence-electron chi connectivity index (χ2n) is 5.34. The van der Waals surface area contributed by atoms with Gasteiger partial charge in [0.15, 0.2) is 0 Å². The molecule has 2 aliphatic heterocycles. The van der Waals surface area contributed by atoms with Crippen molar-refractivity contribution in [3.63, 3.8) is 0 Å². The number of nitrogens with zero attached hydrogens (tertiary/aromatic N) is 1. The molecule has 17 heavy (non-hydrogen) atoms. The summed E-state index contributed by atoms with van der Waals surface area (Å²) in [4.78, 5) is 14.1. The van der Waals surface area contributed by atoms with Gasteiger partial charge in [0.25, 0.3) is 0 Å². The summed E-state index contributed by atoms with van der Waals surface area (Å²) in [7, 11) is 0. The summed E-state index contributed by atoms with van der Waals surface area (Å²) in [6.45, 7) is 7.13. The Morgan fingerprint density at radius 1 is 1.41 bits per heavy atom. The van der Waals surface area contributed by atoms with Gasteiger partial charge in [-0.2, -0.15) is 0 Å². The van der Waals surface area contributed by atoms with Gasteiger partial charge in [0.2, 0.25) is 5.91 Å². The third-order valence-electron chi connectivity index (χ3n) is 3.69. The van der Waals surface area contributed by atoms with E-state index in [0.29, 0.717) is 0 Å². The highest BCUT2D eigenvalue weighted by molar-refractivity contribution is 5.80. The van der Waals surface area contributed by atoms with Gasteiger partial charge in [-0.25, -0.2) is 0 Å². The van der Waals surface area contributed by atoms with Crippen LogP contribution >= 0.6 is 0 Å². The summed E-state index contributed by atoms with van der Waals surface area (Å²) < 4.78 is 5.35. The van der Waals surface area contributed by atoms with E-state index >= 15 is 0 Å². The highest BCUT2D eigenvalue weighted by Gasteiger charge is 2.23. The molecule has 1 N–H and O–H groups in total. The first-order chi connectivity index (χ1) is 8.25. The summed E-state index contributed by atoms with van der Waals surface area (Å²) in [6, 6.07) is 0. The zero-order valence-corrected chi connectivity index (χ0v) is 10.8. The van der Waals surface area contributed by atoms with Crippen LogP contribution in [0, 0.1) is 5.92 Å². The van der Waals surface area contributed by atoms with Crippen LogP contribution in [-0.4, -0.2) is 49.7 Å². The summed E-state index contributed by atoms with van der Waals surface area (Å²) in [5.41, 5.74) is 0. The molecule has 0 aliphatic carbocycles. The molecule has 0 radical (unpaired) electrons. The predicted molar refractivity (Wildman–Crippen MR) is 66.8 cm³/mol. The van der Waals surface area contributed by atoms with Gasteiger partial charge in [-0.1, -0.05) is 6.92 Å². The minimum absolute atomic E-state index is 0.0764. The van der Waals surface area contributed by atoms with Crippen LogP contribution in [0.4, 0.5) is 0 Å². The SMILES string of the molecule is CC1CCCN(CCNC(=O)C2CCCO2)C1. The Hall–Kier alpha value is -0.610. The third kappa shape index (κ3) is 3.96. The molecule has 1 amide bonds. The van der Waals surface area contributed by atoms with Crippen molar-refractivity contribution in [2.45, 2.75) is 38.7 Å². The molecular formula is C13H24N2O2. The van der Waals surface area contributed by atoms with Gasteiger partial charge in [-0.05, 0) is 38.1 Å². The number of nitrogens with one attached hydrogen (secondary N) is 1. The van der Waals surface area contributed by atoms with Crippen LogP contribution < -0.4 is 5.32 Å². The largest absolute Gasteiger partial charge is 0.368 e. The number of carbonyl (C=O) groups is 1. The Bertz CT molecular complexity index is 252. The van der Waals surface area contributed by atoms with E-state index in [9.17, 15) is 4.79 Å². The molecule has 0 aromatic carbocycles. The highest BCUT2D eigenvalue weighted by Crippen LogP contribution is 2.14. The van der Waals surface area contributed by atoms with Crippen molar-refractivity contribution >= 4 is 5.91 Å². The fourth-order valence-corrected chi connectivity index (χ4v) is 2.73. The fourth-order valence-electron chi connectivity index (χ4n) is 2.73. The number of amides is 1. The van der Waals surface area contributed by atoms with Crippen molar-refractivity contribution in [3.8, 4) is 0 Å². The summed E-state index contributed by atoms with van der Waals surface area (Å²) in [5.74, 6) is 0.880. The van der Waals surface area contributed by atoms with Crippen molar-refractivity contribution in [2.75, 3.05) is 32.8 Å². The number of likely N-dealkylation sites (tertiary alicyclic amines) is 1. The quantitative estimate of drug-likeness (QED) is 0.797. The van der Waals surface area contributed by atoms with Crippen LogP contribution in [0.15, 0.2) is 0 Å². The second kappa shape index (κ2) is 6.36. The van der Waals surface area contributed by atoms with E-state index in [0.717, 1.165) is 38.5 Å². The number of ether oxygens (including phenoxy) is 1. The minimum Gasteiger partial charge on any atom is -0.368 e. The lowest BCUT2D eigenvalue weighted by Crippen LogP contribution is -2.42. The maximum absolute atomic E-state index is 11.7. The van der Waals surface area contributed by atoms with E-state index in [4.69, 9.17) is 4.74 Å². The molecule has 2 rings (SSSR count). The molecule has 98 valence electrons. The lowest BCUT2D eigenvalue weighted by molar-refractivity contribution is -0.130. The average molecular weight is 240 g/mol. The third-order valence-corrected chi connectivity index (χ3v) is 3.69. The molecule has 2 saturated heterocycles. The molecular weight excluding hydrogens is 216 g/mol. The molecule has 0 saturated carbocycles. The summed E-state index contributed by atoms with van der Waals surface area (Å²) in [6.07, 6.45) is 4.35. The van der Waals surface area contributed by atoms with Gasteiger partial charge in [-0.15, -0.1) is 0 Å². The Labute approximate surface area is 104 Å². The molecule has 2 aliphatic rings. The van der Waals surface area contributed by atoms with Crippen LogP contribution in [0.2, 0.25) is 0 Å². The zero-order chi connectivity index (χ0) is 12.1. The van der Waals surface area contributed by atoms with Crippen molar-refractivity contribution in [1.29, 1.82) is 0 Å². The first kappa shape index (κ1) is 12.8. The van der Waals surface area contributed by atoms with Gasteiger partial charge < -0.3 is 15.0 Å². The fraction of sp³-hybridized carbons (Fsp3) is 0.923. The van der Waals surface area contributed by atoms with Gasteiger partial charge in [0.05, 0.1) is 0 Å². The van der Waals surface area contributed by atoms with E-state index in [-0.39, 0.29) is 12.0 Å². The topological polar surface area (TPSA) is 41.6 Å². The molecule has 0 bridgehead atoms. The number of hydrogen-bond donors (Lipinski definition) is 1. The van der Waals surface area contributed by atoms with Crippen LogP contribution in [0.5, 0.6) is 0 Å². The highest BCUT2D eigenvalue weighted by atomic mass is 16.5. The van der Waals surface area contributed by atoms with Crippen molar-refractivity contribution < 1.29 is 9.53 Å². The van der Waals surface area contributed by atoms with Gasteiger partial charge in [-0.3, -0.25) is 4.79 Å². The number of carbonyl (C=O) groups excluding carboxylic acids is 1. The van der Waals surface area contributed by atoms with Gasteiger partial charge in [0, 0.05) is 26.2 Å². The standard InChI is InChI=1S/C13H24N2O2/c1-11-4-2-7-15(10-11)8-6-14-13(16)12-5-3-9-17-12/h11-12H,2-10H2,1H3,(H,14,16).